The maximum absolute atomic E-state index is 11.7. The first kappa shape index (κ1) is 9.16. The van der Waals surface area contributed by atoms with Crippen LogP contribution in [0.3, 0.4) is 0 Å². The highest BCUT2D eigenvalue weighted by molar-refractivity contribution is 5.83. The normalized spacial score (nSPS) is 29.7. The number of ether oxygens (including phenoxy) is 1. The fourth-order valence-corrected chi connectivity index (χ4v) is 2.08. The number of hydrogen-bond acceptors (Lipinski definition) is 3. The van der Waals surface area contributed by atoms with E-state index < -0.39 is 0 Å². The van der Waals surface area contributed by atoms with Crippen LogP contribution in [0.5, 0.6) is 0 Å². The zero-order valence-electron chi connectivity index (χ0n) is 8.00. The van der Waals surface area contributed by atoms with Crippen LogP contribution in [0.25, 0.3) is 0 Å². The third kappa shape index (κ3) is 2.29. The molecule has 74 valence electrons. The van der Waals surface area contributed by atoms with Gasteiger partial charge in [0.25, 0.3) is 0 Å². The molecule has 2 saturated heterocycles. The van der Waals surface area contributed by atoms with Crippen molar-refractivity contribution in [2.45, 2.75) is 19.3 Å². The predicted octanol–water partition coefficient (Wildman–Crippen LogP) is 0.688. The van der Waals surface area contributed by atoms with E-state index in [2.05, 4.69) is 4.90 Å². The quantitative estimate of drug-likeness (QED) is 0.644. The molecule has 0 N–H and O–H groups in total. The van der Waals surface area contributed by atoms with E-state index in [1.807, 2.05) is 0 Å². The Morgan fingerprint density at radius 1 is 1.38 bits per heavy atom. The van der Waals surface area contributed by atoms with Crippen molar-refractivity contribution in [2.75, 3.05) is 32.8 Å². The summed E-state index contributed by atoms with van der Waals surface area (Å²) in [5.74, 6) is 0.583. The maximum Gasteiger partial charge on any atom is 0.152 e. The number of carbonyl (C=O) groups is 1. The number of carbonyl (C=O) groups excluding carboxylic acids is 1. The fraction of sp³-hybridized carbons (Fsp3) is 0.900. The van der Waals surface area contributed by atoms with Gasteiger partial charge in [0.05, 0.1) is 13.2 Å². The molecule has 0 aromatic rings. The molecule has 0 spiro atoms. The van der Waals surface area contributed by atoms with E-state index in [0.717, 1.165) is 26.1 Å². The van der Waals surface area contributed by atoms with Gasteiger partial charge in [-0.15, -0.1) is 0 Å². The standard InChI is InChI=1S/C10H17NO2/c12-10(9-3-6-13-8-9)7-11-4-1-2-5-11/h9H,1-8H2. The molecular weight excluding hydrogens is 166 g/mol. The Morgan fingerprint density at radius 3 is 2.77 bits per heavy atom. The van der Waals surface area contributed by atoms with Gasteiger partial charge < -0.3 is 4.74 Å². The molecular formula is C10H17NO2. The molecule has 1 atom stereocenters. The summed E-state index contributed by atoms with van der Waals surface area (Å²) in [5, 5.41) is 0. The smallest absolute Gasteiger partial charge is 0.152 e. The first-order chi connectivity index (χ1) is 6.36. The van der Waals surface area contributed by atoms with Gasteiger partial charge in [0, 0.05) is 12.5 Å². The van der Waals surface area contributed by atoms with Crippen LogP contribution in [0.15, 0.2) is 0 Å². The van der Waals surface area contributed by atoms with Gasteiger partial charge in [-0.05, 0) is 32.4 Å². The number of nitrogens with zero attached hydrogens (tertiary/aromatic N) is 1. The summed E-state index contributed by atoms with van der Waals surface area (Å²) < 4.78 is 5.20. The van der Waals surface area contributed by atoms with Crippen LogP contribution in [-0.4, -0.2) is 43.5 Å². The molecule has 0 amide bonds. The van der Waals surface area contributed by atoms with Crippen molar-refractivity contribution in [3.8, 4) is 0 Å². The minimum absolute atomic E-state index is 0.195. The minimum Gasteiger partial charge on any atom is -0.381 e. The maximum atomic E-state index is 11.7. The lowest BCUT2D eigenvalue weighted by atomic mass is 10.0. The van der Waals surface area contributed by atoms with Crippen LogP contribution in [0.4, 0.5) is 0 Å². The zero-order chi connectivity index (χ0) is 9.10. The number of rotatable bonds is 3. The van der Waals surface area contributed by atoms with Crippen LogP contribution in [-0.2, 0) is 9.53 Å². The Morgan fingerprint density at radius 2 is 2.15 bits per heavy atom. The summed E-state index contributed by atoms with van der Waals surface area (Å²) in [4.78, 5) is 13.9. The van der Waals surface area contributed by atoms with Crippen molar-refractivity contribution in [2.24, 2.45) is 5.92 Å². The van der Waals surface area contributed by atoms with E-state index in [-0.39, 0.29) is 5.92 Å². The van der Waals surface area contributed by atoms with Crippen LogP contribution >= 0.6 is 0 Å². The van der Waals surface area contributed by atoms with Gasteiger partial charge in [0.2, 0.25) is 0 Å². The highest BCUT2D eigenvalue weighted by Crippen LogP contribution is 2.15. The highest BCUT2D eigenvalue weighted by atomic mass is 16.5. The van der Waals surface area contributed by atoms with E-state index >= 15 is 0 Å². The second kappa shape index (κ2) is 4.20. The van der Waals surface area contributed by atoms with E-state index in [1.165, 1.54) is 12.8 Å². The average molecular weight is 183 g/mol. The molecule has 0 aromatic heterocycles. The summed E-state index contributed by atoms with van der Waals surface area (Å²) in [6.07, 6.45) is 3.45. The zero-order valence-corrected chi connectivity index (χ0v) is 8.00. The van der Waals surface area contributed by atoms with Crippen LogP contribution in [0, 0.1) is 5.92 Å². The van der Waals surface area contributed by atoms with Crippen molar-refractivity contribution >= 4 is 5.78 Å². The Balaban J connectivity index is 1.76. The summed E-state index contributed by atoms with van der Waals surface area (Å²) in [7, 11) is 0. The van der Waals surface area contributed by atoms with Gasteiger partial charge in [-0.1, -0.05) is 0 Å². The molecule has 3 nitrogen and oxygen atoms in total. The van der Waals surface area contributed by atoms with Gasteiger partial charge in [-0.2, -0.15) is 0 Å². The van der Waals surface area contributed by atoms with Crippen molar-refractivity contribution in [3.05, 3.63) is 0 Å². The summed E-state index contributed by atoms with van der Waals surface area (Å²) >= 11 is 0. The van der Waals surface area contributed by atoms with Crippen molar-refractivity contribution in [3.63, 3.8) is 0 Å². The van der Waals surface area contributed by atoms with Crippen LogP contribution in [0.1, 0.15) is 19.3 Å². The Hall–Kier alpha value is -0.410. The summed E-state index contributed by atoms with van der Waals surface area (Å²) in [6.45, 7) is 4.32. The number of ketones is 1. The van der Waals surface area contributed by atoms with Crippen molar-refractivity contribution in [1.29, 1.82) is 0 Å². The van der Waals surface area contributed by atoms with Crippen LogP contribution < -0.4 is 0 Å². The molecule has 3 heteroatoms. The SMILES string of the molecule is O=C(CN1CCCC1)C1CCOC1. The highest BCUT2D eigenvalue weighted by Gasteiger charge is 2.25. The molecule has 2 fully saturated rings. The minimum atomic E-state index is 0.195. The molecule has 0 aliphatic carbocycles. The number of Topliss-reactive ketones (excluding diaryl/α,β-unsaturated/α-hetero) is 1. The molecule has 0 aromatic carbocycles. The first-order valence-electron chi connectivity index (χ1n) is 5.19. The van der Waals surface area contributed by atoms with E-state index in [0.29, 0.717) is 18.9 Å². The largest absolute Gasteiger partial charge is 0.381 e. The summed E-state index contributed by atoms with van der Waals surface area (Å²) in [5.41, 5.74) is 0. The van der Waals surface area contributed by atoms with Crippen molar-refractivity contribution < 1.29 is 9.53 Å². The van der Waals surface area contributed by atoms with Gasteiger partial charge in [0.1, 0.15) is 0 Å². The van der Waals surface area contributed by atoms with E-state index in [4.69, 9.17) is 4.74 Å². The molecule has 2 aliphatic heterocycles. The lowest BCUT2D eigenvalue weighted by Gasteiger charge is -2.15. The lowest BCUT2D eigenvalue weighted by molar-refractivity contribution is -0.123. The second-order valence-corrected chi connectivity index (χ2v) is 4.01. The van der Waals surface area contributed by atoms with Crippen LogP contribution in [0.2, 0.25) is 0 Å². The van der Waals surface area contributed by atoms with Gasteiger partial charge in [0.15, 0.2) is 5.78 Å². The predicted molar refractivity (Wildman–Crippen MR) is 49.6 cm³/mol. The average Bonchev–Trinajstić information content (AvgIpc) is 2.74. The van der Waals surface area contributed by atoms with E-state index in [9.17, 15) is 4.79 Å². The third-order valence-corrected chi connectivity index (χ3v) is 2.96. The molecule has 2 aliphatic rings. The van der Waals surface area contributed by atoms with Crippen molar-refractivity contribution in [1.82, 2.24) is 4.90 Å². The van der Waals surface area contributed by atoms with Gasteiger partial charge in [-0.3, -0.25) is 9.69 Å². The summed E-state index contributed by atoms with van der Waals surface area (Å²) in [6, 6.07) is 0. The first-order valence-corrected chi connectivity index (χ1v) is 5.19. The molecule has 2 rings (SSSR count). The Bertz CT molecular complexity index is 181. The molecule has 0 saturated carbocycles. The molecule has 0 radical (unpaired) electrons. The molecule has 1 unspecified atom stereocenters. The Labute approximate surface area is 79.0 Å². The monoisotopic (exact) mass is 183 g/mol. The third-order valence-electron chi connectivity index (χ3n) is 2.96. The molecule has 2 heterocycles. The number of hydrogen-bond donors (Lipinski definition) is 0. The van der Waals surface area contributed by atoms with E-state index in [1.54, 1.807) is 0 Å². The van der Waals surface area contributed by atoms with Gasteiger partial charge >= 0.3 is 0 Å². The topological polar surface area (TPSA) is 29.5 Å². The fourth-order valence-electron chi connectivity index (χ4n) is 2.08. The molecule has 0 bridgehead atoms. The Kier molecular flexibility index (Phi) is 2.96. The number of likely N-dealkylation sites (tertiary alicyclic amines) is 1. The van der Waals surface area contributed by atoms with Gasteiger partial charge in [-0.25, -0.2) is 0 Å². The molecule has 13 heavy (non-hydrogen) atoms. The lowest BCUT2D eigenvalue weighted by Crippen LogP contribution is -2.31. The second-order valence-electron chi connectivity index (χ2n) is 4.01.